The molecule has 0 saturated carbocycles. The van der Waals surface area contributed by atoms with Crippen molar-refractivity contribution < 1.29 is 0 Å². The Labute approximate surface area is 99.0 Å². The van der Waals surface area contributed by atoms with Crippen molar-refractivity contribution in [1.82, 2.24) is 0 Å². The highest BCUT2D eigenvalue weighted by Crippen LogP contribution is 2.38. The van der Waals surface area contributed by atoms with E-state index >= 15 is 0 Å². The minimum absolute atomic E-state index is 0.411. The van der Waals surface area contributed by atoms with Gasteiger partial charge in [-0.2, -0.15) is 0 Å². The van der Waals surface area contributed by atoms with E-state index in [4.69, 9.17) is 0 Å². The van der Waals surface area contributed by atoms with Crippen LogP contribution in [-0.4, -0.2) is 18.5 Å². The Kier molecular flexibility index (Phi) is 12.9. The summed E-state index contributed by atoms with van der Waals surface area (Å²) in [6.07, 6.45) is 16.2. The van der Waals surface area contributed by atoms with Gasteiger partial charge in [-0.3, -0.25) is 0 Å². The van der Waals surface area contributed by atoms with Gasteiger partial charge in [0, 0.05) is 0 Å². The second-order valence-corrected chi connectivity index (χ2v) is 7.29. The molecule has 92 valence electrons. The van der Waals surface area contributed by atoms with Gasteiger partial charge in [-0.1, -0.05) is 52.9 Å². The van der Waals surface area contributed by atoms with Gasteiger partial charge < -0.3 is 0 Å². The Balaban J connectivity index is 3.49. The molecule has 0 heterocycles. The first-order chi connectivity index (χ1) is 7.35. The monoisotopic (exact) mass is 230 g/mol. The van der Waals surface area contributed by atoms with Crippen LogP contribution in [0.5, 0.6) is 0 Å². The van der Waals surface area contributed by atoms with E-state index in [9.17, 15) is 0 Å². The van der Waals surface area contributed by atoms with E-state index in [0.29, 0.717) is 7.92 Å². The molecule has 0 radical (unpaired) electrons. The molecule has 0 fully saturated rings. The lowest BCUT2D eigenvalue weighted by atomic mass is 10.2. The third-order valence-corrected chi connectivity index (χ3v) is 5.83. The van der Waals surface area contributed by atoms with Crippen molar-refractivity contribution >= 4 is 7.92 Å². The molecule has 0 nitrogen and oxygen atoms in total. The third kappa shape index (κ3) is 10.7. The fraction of sp³-hybridized carbons (Fsp3) is 1.00. The highest BCUT2D eigenvalue weighted by molar-refractivity contribution is 7.57. The topological polar surface area (TPSA) is 0 Å². The molecule has 0 saturated heterocycles. The lowest BCUT2D eigenvalue weighted by Crippen LogP contribution is -1.95. The molecule has 0 N–H and O–H groups in total. The minimum Gasteiger partial charge on any atom is -0.107 e. The normalized spacial score (nSPS) is 11.2. The van der Waals surface area contributed by atoms with Crippen LogP contribution in [0.4, 0.5) is 0 Å². The highest BCUT2D eigenvalue weighted by Gasteiger charge is 2.06. The molecule has 15 heavy (non-hydrogen) atoms. The first-order valence-electron chi connectivity index (χ1n) is 7.07. The molecule has 0 unspecified atom stereocenters. The molecular formula is C14H31P. The zero-order valence-corrected chi connectivity index (χ0v) is 12.1. The first-order valence-corrected chi connectivity index (χ1v) is 8.97. The van der Waals surface area contributed by atoms with Crippen LogP contribution >= 0.6 is 7.92 Å². The summed E-state index contributed by atoms with van der Waals surface area (Å²) in [5.41, 5.74) is 0. The van der Waals surface area contributed by atoms with Gasteiger partial charge in [0.25, 0.3) is 0 Å². The summed E-state index contributed by atoms with van der Waals surface area (Å²) in [4.78, 5) is 0. The summed E-state index contributed by atoms with van der Waals surface area (Å²) < 4.78 is 0. The molecule has 0 rings (SSSR count). The predicted molar refractivity (Wildman–Crippen MR) is 75.5 cm³/mol. The van der Waals surface area contributed by atoms with Gasteiger partial charge in [-0.15, -0.1) is 7.92 Å². The average molecular weight is 230 g/mol. The summed E-state index contributed by atoms with van der Waals surface area (Å²) >= 11 is 0. The molecule has 1 heteroatoms. The first kappa shape index (κ1) is 15.4. The van der Waals surface area contributed by atoms with Crippen molar-refractivity contribution in [2.75, 3.05) is 18.5 Å². The molecule has 0 aromatic rings. The second kappa shape index (κ2) is 12.5. The fourth-order valence-electron chi connectivity index (χ4n) is 1.86. The van der Waals surface area contributed by atoms with Crippen LogP contribution in [0, 0.1) is 0 Å². The van der Waals surface area contributed by atoms with E-state index in [1.807, 2.05) is 0 Å². The zero-order chi connectivity index (χ0) is 11.4. The van der Waals surface area contributed by atoms with Gasteiger partial charge in [0.2, 0.25) is 0 Å². The van der Waals surface area contributed by atoms with Crippen molar-refractivity contribution in [1.29, 1.82) is 0 Å². The van der Waals surface area contributed by atoms with Crippen molar-refractivity contribution in [3.05, 3.63) is 0 Å². The number of unbranched alkanes of at least 4 members (excludes halogenated alkanes) is 5. The Morgan fingerprint density at radius 3 is 1.47 bits per heavy atom. The minimum atomic E-state index is 0.411. The Morgan fingerprint density at radius 1 is 0.533 bits per heavy atom. The van der Waals surface area contributed by atoms with Crippen LogP contribution in [0.2, 0.25) is 0 Å². The second-order valence-electron chi connectivity index (χ2n) is 4.61. The summed E-state index contributed by atoms with van der Waals surface area (Å²) in [5, 5.41) is 0. The van der Waals surface area contributed by atoms with Crippen molar-refractivity contribution in [3.63, 3.8) is 0 Å². The fourth-order valence-corrected chi connectivity index (χ4v) is 4.73. The third-order valence-electron chi connectivity index (χ3n) is 2.98. The number of rotatable bonds is 11. The lowest BCUT2D eigenvalue weighted by molar-refractivity contribution is 0.703. The largest absolute Gasteiger partial charge is 0.107 e. The van der Waals surface area contributed by atoms with E-state index in [0.717, 1.165) is 0 Å². The highest BCUT2D eigenvalue weighted by atomic mass is 31.1. The molecule has 0 atom stereocenters. The van der Waals surface area contributed by atoms with Gasteiger partial charge in [-0.25, -0.2) is 0 Å². The van der Waals surface area contributed by atoms with Crippen LogP contribution in [0.25, 0.3) is 0 Å². The Hall–Kier alpha value is 0.430. The van der Waals surface area contributed by atoms with E-state index in [2.05, 4.69) is 20.8 Å². The standard InChI is InChI=1S/C14H31P/c1-4-7-10-11-14-15(12-8-5-2)13-9-6-3/h4-14H2,1-3H3. The van der Waals surface area contributed by atoms with Crippen molar-refractivity contribution in [3.8, 4) is 0 Å². The van der Waals surface area contributed by atoms with E-state index < -0.39 is 0 Å². The van der Waals surface area contributed by atoms with Crippen molar-refractivity contribution in [2.45, 2.75) is 72.1 Å². The Bertz CT molecular complexity index is 104. The summed E-state index contributed by atoms with van der Waals surface area (Å²) in [6.45, 7) is 6.95. The van der Waals surface area contributed by atoms with Crippen LogP contribution in [0.15, 0.2) is 0 Å². The molecule has 0 amide bonds. The van der Waals surface area contributed by atoms with Gasteiger partial charge in [-0.05, 0) is 37.7 Å². The van der Waals surface area contributed by atoms with Gasteiger partial charge in [0.15, 0.2) is 0 Å². The smallest absolute Gasteiger partial charge is 0.0326 e. The maximum absolute atomic E-state index is 2.32. The maximum Gasteiger partial charge on any atom is -0.0326 e. The molecular weight excluding hydrogens is 199 g/mol. The van der Waals surface area contributed by atoms with Crippen LogP contribution < -0.4 is 0 Å². The quantitative estimate of drug-likeness (QED) is 0.318. The molecule has 0 aromatic heterocycles. The molecule has 0 aliphatic heterocycles. The molecule has 0 spiro atoms. The van der Waals surface area contributed by atoms with Crippen LogP contribution in [-0.2, 0) is 0 Å². The summed E-state index contributed by atoms with van der Waals surface area (Å²) in [7, 11) is 0.411. The van der Waals surface area contributed by atoms with Gasteiger partial charge in [0.1, 0.15) is 0 Å². The summed E-state index contributed by atoms with van der Waals surface area (Å²) in [6, 6.07) is 0. The predicted octanol–water partition coefficient (Wildman–Crippen LogP) is 5.65. The van der Waals surface area contributed by atoms with E-state index in [-0.39, 0.29) is 0 Å². The number of hydrogen-bond donors (Lipinski definition) is 0. The summed E-state index contributed by atoms with van der Waals surface area (Å²) in [5.74, 6) is 0. The molecule has 0 aliphatic rings. The molecule has 0 bridgehead atoms. The van der Waals surface area contributed by atoms with Crippen LogP contribution in [0.3, 0.4) is 0 Å². The maximum atomic E-state index is 2.32. The van der Waals surface area contributed by atoms with Gasteiger partial charge in [0.05, 0.1) is 0 Å². The zero-order valence-electron chi connectivity index (χ0n) is 11.2. The van der Waals surface area contributed by atoms with E-state index in [1.54, 1.807) is 18.5 Å². The lowest BCUT2D eigenvalue weighted by Gasteiger charge is -2.17. The molecule has 0 aliphatic carbocycles. The Morgan fingerprint density at radius 2 is 1.00 bits per heavy atom. The van der Waals surface area contributed by atoms with Crippen LogP contribution in [0.1, 0.15) is 72.1 Å². The van der Waals surface area contributed by atoms with Gasteiger partial charge >= 0.3 is 0 Å². The van der Waals surface area contributed by atoms with Crippen molar-refractivity contribution in [2.24, 2.45) is 0 Å². The SMILES string of the molecule is CCCCCCP(CCCC)CCCC. The molecule has 0 aromatic carbocycles. The average Bonchev–Trinajstić information content (AvgIpc) is 2.27. The van der Waals surface area contributed by atoms with E-state index in [1.165, 1.54) is 51.4 Å². The number of hydrogen-bond acceptors (Lipinski definition) is 0.